The molecular formula is C25H20ClN5O4. The van der Waals surface area contributed by atoms with Crippen molar-refractivity contribution < 1.29 is 19.1 Å². The summed E-state index contributed by atoms with van der Waals surface area (Å²) in [7, 11) is 0. The molecule has 0 aliphatic carbocycles. The van der Waals surface area contributed by atoms with Crippen molar-refractivity contribution in [3.8, 4) is 5.69 Å². The van der Waals surface area contributed by atoms with Crippen LogP contribution >= 0.6 is 11.6 Å². The van der Waals surface area contributed by atoms with Crippen LogP contribution in [0.5, 0.6) is 0 Å². The first kappa shape index (κ1) is 23.7. The molecule has 1 aromatic heterocycles. The predicted octanol–water partition coefficient (Wildman–Crippen LogP) is 3.57. The fourth-order valence-electron chi connectivity index (χ4n) is 3.27. The highest BCUT2D eigenvalue weighted by atomic mass is 35.5. The van der Waals surface area contributed by atoms with Crippen molar-refractivity contribution in [1.29, 1.82) is 0 Å². The standard InChI is InChI=1S/C25H20ClN5O4/c26-19-11-12-21(31-16-27-15-28-31)20(13-19)29-22(32)14-35-25(34)23(17-7-3-1-4-8-17)30-24(33)18-9-5-2-6-10-18/h1-13,15-16,23H,14H2,(H,29,32)(H,30,33). The van der Waals surface area contributed by atoms with Crippen molar-refractivity contribution in [3.05, 3.63) is 108 Å². The maximum absolute atomic E-state index is 12.9. The number of ether oxygens (including phenoxy) is 1. The van der Waals surface area contributed by atoms with Crippen molar-refractivity contribution in [3.63, 3.8) is 0 Å². The van der Waals surface area contributed by atoms with Gasteiger partial charge in [-0.25, -0.2) is 14.5 Å². The number of nitrogens with zero attached hydrogens (tertiary/aromatic N) is 3. The van der Waals surface area contributed by atoms with Crippen molar-refractivity contribution in [2.24, 2.45) is 0 Å². The first-order valence-corrected chi connectivity index (χ1v) is 10.9. The van der Waals surface area contributed by atoms with Crippen LogP contribution in [0.3, 0.4) is 0 Å². The van der Waals surface area contributed by atoms with E-state index in [1.165, 1.54) is 17.3 Å². The molecule has 35 heavy (non-hydrogen) atoms. The molecule has 3 aromatic carbocycles. The van der Waals surface area contributed by atoms with Gasteiger partial charge in [-0.15, -0.1) is 0 Å². The zero-order chi connectivity index (χ0) is 24.6. The molecular weight excluding hydrogens is 470 g/mol. The largest absolute Gasteiger partial charge is 0.454 e. The average molecular weight is 490 g/mol. The molecule has 9 nitrogen and oxygen atoms in total. The van der Waals surface area contributed by atoms with E-state index in [2.05, 4.69) is 20.7 Å². The number of esters is 1. The maximum atomic E-state index is 12.9. The van der Waals surface area contributed by atoms with Gasteiger partial charge in [-0.2, -0.15) is 5.10 Å². The van der Waals surface area contributed by atoms with Crippen molar-refractivity contribution in [2.75, 3.05) is 11.9 Å². The van der Waals surface area contributed by atoms with E-state index in [9.17, 15) is 14.4 Å². The number of rotatable bonds is 8. The smallest absolute Gasteiger partial charge is 0.333 e. The highest BCUT2D eigenvalue weighted by molar-refractivity contribution is 6.31. The lowest BCUT2D eigenvalue weighted by atomic mass is 10.1. The summed E-state index contributed by atoms with van der Waals surface area (Å²) in [5.74, 6) is -1.82. The summed E-state index contributed by atoms with van der Waals surface area (Å²) in [5.41, 5.74) is 1.80. The van der Waals surface area contributed by atoms with E-state index in [4.69, 9.17) is 16.3 Å². The van der Waals surface area contributed by atoms with Gasteiger partial charge in [0.25, 0.3) is 11.8 Å². The molecule has 1 heterocycles. The van der Waals surface area contributed by atoms with E-state index in [-0.39, 0.29) is 0 Å². The van der Waals surface area contributed by atoms with E-state index in [0.717, 1.165) is 0 Å². The summed E-state index contributed by atoms with van der Waals surface area (Å²) in [4.78, 5) is 42.1. The molecule has 0 saturated heterocycles. The Bertz CT molecular complexity index is 1310. The number of hydrogen-bond donors (Lipinski definition) is 2. The minimum atomic E-state index is -1.10. The molecule has 0 radical (unpaired) electrons. The zero-order valence-electron chi connectivity index (χ0n) is 18.3. The molecule has 0 spiro atoms. The number of nitrogens with one attached hydrogen (secondary N) is 2. The van der Waals surface area contributed by atoms with Gasteiger partial charge in [-0.3, -0.25) is 9.59 Å². The zero-order valence-corrected chi connectivity index (χ0v) is 19.1. The van der Waals surface area contributed by atoms with Gasteiger partial charge >= 0.3 is 5.97 Å². The Labute approximate surface area is 205 Å². The number of aromatic nitrogens is 3. The topological polar surface area (TPSA) is 115 Å². The summed E-state index contributed by atoms with van der Waals surface area (Å²) in [5, 5.41) is 9.79. The average Bonchev–Trinajstić information content (AvgIpc) is 3.41. The van der Waals surface area contributed by atoms with E-state index in [1.807, 2.05) is 0 Å². The predicted molar refractivity (Wildman–Crippen MR) is 129 cm³/mol. The summed E-state index contributed by atoms with van der Waals surface area (Å²) in [6.07, 6.45) is 2.83. The fraction of sp³-hybridized carbons (Fsp3) is 0.0800. The second-order valence-corrected chi connectivity index (χ2v) is 7.78. The van der Waals surface area contributed by atoms with E-state index < -0.39 is 30.4 Å². The van der Waals surface area contributed by atoms with Gasteiger partial charge in [-0.1, -0.05) is 60.1 Å². The van der Waals surface area contributed by atoms with Crippen LogP contribution in [-0.2, 0) is 14.3 Å². The third kappa shape index (κ3) is 6.10. The highest BCUT2D eigenvalue weighted by Gasteiger charge is 2.25. The van der Waals surface area contributed by atoms with Gasteiger partial charge in [0.1, 0.15) is 12.7 Å². The lowest BCUT2D eigenvalue weighted by molar-refractivity contribution is -0.149. The number of carbonyl (C=O) groups is 3. The van der Waals surface area contributed by atoms with Crippen LogP contribution < -0.4 is 10.6 Å². The van der Waals surface area contributed by atoms with Crippen LogP contribution in [0, 0.1) is 0 Å². The van der Waals surface area contributed by atoms with Gasteiger partial charge in [0.05, 0.1) is 11.4 Å². The van der Waals surface area contributed by atoms with Crippen LogP contribution in [0.25, 0.3) is 5.69 Å². The Balaban J connectivity index is 1.45. The van der Waals surface area contributed by atoms with Crippen LogP contribution in [0.1, 0.15) is 22.0 Å². The number of halogens is 1. The van der Waals surface area contributed by atoms with Crippen LogP contribution in [0.4, 0.5) is 5.69 Å². The van der Waals surface area contributed by atoms with Gasteiger partial charge in [0.15, 0.2) is 12.6 Å². The van der Waals surface area contributed by atoms with Gasteiger partial charge in [-0.05, 0) is 35.9 Å². The van der Waals surface area contributed by atoms with Gasteiger partial charge in [0.2, 0.25) is 0 Å². The molecule has 0 fully saturated rings. The second kappa shape index (κ2) is 11.1. The Morgan fingerprint density at radius 1 is 0.971 bits per heavy atom. The highest BCUT2D eigenvalue weighted by Crippen LogP contribution is 2.24. The number of anilines is 1. The quantitative estimate of drug-likeness (QED) is 0.366. The Hall–Kier alpha value is -4.50. The molecule has 2 N–H and O–H groups in total. The lowest BCUT2D eigenvalue weighted by Gasteiger charge is -2.18. The minimum absolute atomic E-state index is 0.362. The molecule has 4 rings (SSSR count). The van der Waals surface area contributed by atoms with Crippen LogP contribution in [0.2, 0.25) is 5.02 Å². The normalized spacial score (nSPS) is 11.3. The molecule has 0 saturated carbocycles. The van der Waals surface area contributed by atoms with Crippen LogP contribution in [-0.4, -0.2) is 39.2 Å². The maximum Gasteiger partial charge on any atom is 0.333 e. The fourth-order valence-corrected chi connectivity index (χ4v) is 3.45. The van der Waals surface area contributed by atoms with Crippen LogP contribution in [0.15, 0.2) is 91.5 Å². The number of hydrogen-bond acceptors (Lipinski definition) is 6. The Kier molecular flexibility index (Phi) is 7.49. The van der Waals surface area contributed by atoms with E-state index in [1.54, 1.807) is 78.9 Å². The number of carbonyl (C=O) groups excluding carboxylic acids is 3. The van der Waals surface area contributed by atoms with Crippen molar-refractivity contribution in [1.82, 2.24) is 20.1 Å². The monoisotopic (exact) mass is 489 g/mol. The summed E-state index contributed by atoms with van der Waals surface area (Å²) < 4.78 is 6.72. The Morgan fingerprint density at radius 2 is 1.69 bits per heavy atom. The summed E-state index contributed by atoms with van der Waals surface area (Å²) >= 11 is 6.08. The number of benzene rings is 3. The second-order valence-electron chi connectivity index (χ2n) is 7.34. The van der Waals surface area contributed by atoms with E-state index in [0.29, 0.717) is 27.5 Å². The number of amides is 2. The SMILES string of the molecule is O=C(COC(=O)C(NC(=O)c1ccccc1)c1ccccc1)Nc1cc(Cl)ccc1-n1cncn1. The van der Waals surface area contributed by atoms with Crippen molar-refractivity contribution >= 4 is 35.1 Å². The first-order valence-electron chi connectivity index (χ1n) is 10.5. The first-order chi connectivity index (χ1) is 17.0. The molecule has 2 amide bonds. The van der Waals surface area contributed by atoms with Gasteiger partial charge in [0, 0.05) is 10.6 Å². The molecule has 1 atom stereocenters. The summed E-state index contributed by atoms with van der Waals surface area (Å²) in [6.45, 7) is -0.577. The molecule has 10 heteroatoms. The third-order valence-electron chi connectivity index (χ3n) is 4.92. The molecule has 1 unspecified atom stereocenters. The van der Waals surface area contributed by atoms with Crippen molar-refractivity contribution in [2.45, 2.75) is 6.04 Å². The molecule has 4 aromatic rings. The molecule has 176 valence electrons. The van der Waals surface area contributed by atoms with E-state index >= 15 is 0 Å². The molecule has 0 bridgehead atoms. The summed E-state index contributed by atoms with van der Waals surface area (Å²) in [6, 6.07) is 20.9. The molecule has 0 aliphatic rings. The third-order valence-corrected chi connectivity index (χ3v) is 5.16. The minimum Gasteiger partial charge on any atom is -0.454 e. The van der Waals surface area contributed by atoms with Gasteiger partial charge < -0.3 is 15.4 Å². The lowest BCUT2D eigenvalue weighted by Crippen LogP contribution is -2.36. The molecule has 0 aliphatic heterocycles. The Morgan fingerprint density at radius 3 is 2.37 bits per heavy atom.